The van der Waals surface area contributed by atoms with E-state index in [9.17, 15) is 9.90 Å². The fourth-order valence-corrected chi connectivity index (χ4v) is 4.04. The molecule has 3 heteroatoms. The zero-order valence-electron chi connectivity index (χ0n) is 9.47. The van der Waals surface area contributed by atoms with Gasteiger partial charge in [-0.15, -0.1) is 0 Å². The first-order valence-corrected chi connectivity index (χ1v) is 6.53. The van der Waals surface area contributed by atoms with Crippen LogP contribution in [-0.2, 0) is 4.79 Å². The van der Waals surface area contributed by atoms with Gasteiger partial charge in [0.25, 0.3) is 0 Å². The standard InChI is InChI=1S/C14H15ClO2/c15-11-3-1-2-8(7-11)12-9-4-5-10(6-9)13(12)14(16)17/h1-3,7,9-10,12-13H,4-6H2,(H,16,17)/t9-,10+,12+,13+/m0/s1. The maximum absolute atomic E-state index is 11.4. The van der Waals surface area contributed by atoms with E-state index < -0.39 is 5.97 Å². The number of aliphatic carboxylic acids is 1. The molecule has 1 N–H and O–H groups in total. The second kappa shape index (κ2) is 4.02. The van der Waals surface area contributed by atoms with Crippen molar-refractivity contribution in [2.45, 2.75) is 25.2 Å². The van der Waals surface area contributed by atoms with Crippen LogP contribution >= 0.6 is 11.6 Å². The lowest BCUT2D eigenvalue weighted by Gasteiger charge is -2.28. The van der Waals surface area contributed by atoms with Gasteiger partial charge in [-0.2, -0.15) is 0 Å². The van der Waals surface area contributed by atoms with Gasteiger partial charge in [0.2, 0.25) is 0 Å². The summed E-state index contributed by atoms with van der Waals surface area (Å²) >= 11 is 6.01. The molecule has 2 fully saturated rings. The minimum atomic E-state index is -0.637. The van der Waals surface area contributed by atoms with Crippen LogP contribution < -0.4 is 0 Å². The summed E-state index contributed by atoms with van der Waals surface area (Å²) in [5.74, 6) is 0.250. The minimum absolute atomic E-state index is 0.171. The lowest BCUT2D eigenvalue weighted by molar-refractivity contribution is -0.144. The van der Waals surface area contributed by atoms with Crippen LogP contribution in [0, 0.1) is 17.8 Å². The highest BCUT2D eigenvalue weighted by Gasteiger charge is 2.51. The van der Waals surface area contributed by atoms with Crippen molar-refractivity contribution in [1.29, 1.82) is 0 Å². The summed E-state index contributed by atoms with van der Waals surface area (Å²) in [6.07, 6.45) is 3.33. The fourth-order valence-electron chi connectivity index (χ4n) is 3.84. The van der Waals surface area contributed by atoms with Gasteiger partial charge in [0.15, 0.2) is 0 Å². The quantitative estimate of drug-likeness (QED) is 0.872. The molecule has 0 aromatic heterocycles. The number of fused-ring (bicyclic) bond motifs is 2. The van der Waals surface area contributed by atoms with Gasteiger partial charge in [0, 0.05) is 10.9 Å². The van der Waals surface area contributed by atoms with Gasteiger partial charge in [-0.3, -0.25) is 4.79 Å². The van der Waals surface area contributed by atoms with Crippen LogP contribution in [0.15, 0.2) is 24.3 Å². The summed E-state index contributed by atoms with van der Waals surface area (Å²) in [6, 6.07) is 7.71. The Hall–Kier alpha value is -1.02. The van der Waals surface area contributed by atoms with E-state index in [1.807, 2.05) is 24.3 Å². The summed E-state index contributed by atoms with van der Waals surface area (Å²) in [4.78, 5) is 11.4. The molecule has 0 amide bonds. The molecule has 4 atom stereocenters. The molecule has 90 valence electrons. The Labute approximate surface area is 106 Å². The molecule has 1 aromatic rings. The van der Waals surface area contributed by atoms with Gasteiger partial charge in [0.1, 0.15) is 0 Å². The highest BCUT2D eigenvalue weighted by atomic mass is 35.5. The first-order valence-electron chi connectivity index (χ1n) is 6.15. The molecule has 0 spiro atoms. The maximum atomic E-state index is 11.4. The highest BCUT2D eigenvalue weighted by molar-refractivity contribution is 6.30. The Balaban J connectivity index is 1.98. The molecule has 3 rings (SSSR count). The van der Waals surface area contributed by atoms with E-state index in [1.54, 1.807) is 0 Å². The molecular formula is C14H15ClO2. The molecule has 17 heavy (non-hydrogen) atoms. The van der Waals surface area contributed by atoms with Crippen molar-refractivity contribution in [3.8, 4) is 0 Å². The van der Waals surface area contributed by atoms with Crippen LogP contribution in [0.4, 0.5) is 0 Å². The molecule has 2 aliphatic rings. The smallest absolute Gasteiger partial charge is 0.307 e. The molecule has 2 nitrogen and oxygen atoms in total. The summed E-state index contributed by atoms with van der Waals surface area (Å²) in [5.41, 5.74) is 1.11. The topological polar surface area (TPSA) is 37.3 Å². The summed E-state index contributed by atoms with van der Waals surface area (Å²) in [6.45, 7) is 0. The summed E-state index contributed by atoms with van der Waals surface area (Å²) in [7, 11) is 0. The third-order valence-electron chi connectivity index (χ3n) is 4.44. The SMILES string of the molecule is O=C(O)[C@@H]1[C@@H]2CC[C@@H](C2)[C@H]1c1cccc(Cl)c1. The predicted octanol–water partition coefficient (Wildman–Crippen LogP) is 3.55. The molecule has 2 bridgehead atoms. The van der Waals surface area contributed by atoms with Gasteiger partial charge in [-0.1, -0.05) is 23.7 Å². The number of hydrogen-bond donors (Lipinski definition) is 1. The maximum Gasteiger partial charge on any atom is 0.307 e. The lowest BCUT2D eigenvalue weighted by atomic mass is 9.75. The number of carboxylic acids is 1. The van der Waals surface area contributed by atoms with Crippen LogP contribution in [0.3, 0.4) is 0 Å². The number of carbonyl (C=O) groups is 1. The van der Waals surface area contributed by atoms with E-state index in [2.05, 4.69) is 0 Å². The lowest BCUT2D eigenvalue weighted by Crippen LogP contribution is -2.27. The zero-order chi connectivity index (χ0) is 12.0. The third-order valence-corrected chi connectivity index (χ3v) is 4.67. The van der Waals surface area contributed by atoms with Gasteiger partial charge < -0.3 is 5.11 Å². The summed E-state index contributed by atoms with van der Waals surface area (Å²) in [5, 5.41) is 10.1. The predicted molar refractivity (Wildman–Crippen MR) is 66.1 cm³/mol. The van der Waals surface area contributed by atoms with Crippen molar-refractivity contribution in [2.75, 3.05) is 0 Å². The second-order valence-electron chi connectivity index (χ2n) is 5.28. The van der Waals surface area contributed by atoms with E-state index in [0.29, 0.717) is 16.9 Å². The highest BCUT2D eigenvalue weighted by Crippen LogP contribution is 2.56. The molecule has 2 saturated carbocycles. The second-order valence-corrected chi connectivity index (χ2v) is 5.71. The molecular weight excluding hydrogens is 236 g/mol. The fraction of sp³-hybridized carbons (Fsp3) is 0.500. The zero-order valence-corrected chi connectivity index (χ0v) is 10.2. The normalized spacial score (nSPS) is 35.1. The number of benzene rings is 1. The average molecular weight is 251 g/mol. The van der Waals surface area contributed by atoms with Gasteiger partial charge in [-0.05, 0) is 48.8 Å². The van der Waals surface area contributed by atoms with Crippen LogP contribution in [0.5, 0.6) is 0 Å². The molecule has 1 aromatic carbocycles. The monoisotopic (exact) mass is 250 g/mol. The summed E-state index contributed by atoms with van der Waals surface area (Å²) < 4.78 is 0. The van der Waals surface area contributed by atoms with Gasteiger partial charge in [-0.25, -0.2) is 0 Å². The molecule has 2 aliphatic carbocycles. The van der Waals surface area contributed by atoms with Crippen molar-refractivity contribution in [3.63, 3.8) is 0 Å². The van der Waals surface area contributed by atoms with Crippen molar-refractivity contribution < 1.29 is 9.90 Å². The average Bonchev–Trinajstić information content (AvgIpc) is 2.88. The Morgan fingerprint density at radius 1 is 1.29 bits per heavy atom. The Morgan fingerprint density at radius 3 is 2.76 bits per heavy atom. The third kappa shape index (κ3) is 1.75. The first kappa shape index (κ1) is 11.1. The van der Waals surface area contributed by atoms with Crippen LogP contribution in [0.2, 0.25) is 5.02 Å². The Morgan fingerprint density at radius 2 is 2.06 bits per heavy atom. The molecule has 0 unspecified atom stereocenters. The van der Waals surface area contributed by atoms with Crippen LogP contribution in [0.1, 0.15) is 30.7 Å². The Bertz CT molecular complexity index is 457. The molecule has 0 saturated heterocycles. The van der Waals surface area contributed by atoms with Crippen LogP contribution in [0.25, 0.3) is 0 Å². The number of carboxylic acid groups (broad SMARTS) is 1. The van der Waals surface area contributed by atoms with E-state index in [0.717, 1.165) is 18.4 Å². The number of rotatable bonds is 2. The van der Waals surface area contributed by atoms with Crippen molar-refractivity contribution >= 4 is 17.6 Å². The van der Waals surface area contributed by atoms with Crippen molar-refractivity contribution in [1.82, 2.24) is 0 Å². The molecule has 0 radical (unpaired) electrons. The van der Waals surface area contributed by atoms with Crippen LogP contribution in [-0.4, -0.2) is 11.1 Å². The van der Waals surface area contributed by atoms with Crippen molar-refractivity contribution in [3.05, 3.63) is 34.9 Å². The number of halogens is 1. The van der Waals surface area contributed by atoms with Crippen molar-refractivity contribution in [2.24, 2.45) is 17.8 Å². The first-order chi connectivity index (χ1) is 8.16. The number of hydrogen-bond acceptors (Lipinski definition) is 1. The van der Waals surface area contributed by atoms with E-state index in [-0.39, 0.29) is 11.8 Å². The van der Waals surface area contributed by atoms with Gasteiger partial charge >= 0.3 is 5.97 Å². The van der Waals surface area contributed by atoms with E-state index in [4.69, 9.17) is 11.6 Å². The molecule has 0 heterocycles. The van der Waals surface area contributed by atoms with Gasteiger partial charge in [0.05, 0.1) is 5.92 Å². The Kier molecular flexibility index (Phi) is 2.62. The van der Waals surface area contributed by atoms with E-state index in [1.165, 1.54) is 6.42 Å². The molecule has 0 aliphatic heterocycles. The van der Waals surface area contributed by atoms with E-state index >= 15 is 0 Å². The largest absolute Gasteiger partial charge is 0.481 e. The minimum Gasteiger partial charge on any atom is -0.481 e.